The van der Waals surface area contributed by atoms with Gasteiger partial charge in [-0.05, 0) is 80.5 Å². The van der Waals surface area contributed by atoms with Gasteiger partial charge in [0.2, 0.25) is 0 Å². The first-order valence-electron chi connectivity index (χ1n) is 13.4. The molecular weight excluding hydrogens is 446 g/mol. The Morgan fingerprint density at radius 3 is 2.39 bits per heavy atom. The zero-order valence-corrected chi connectivity index (χ0v) is 22.1. The van der Waals surface area contributed by atoms with Crippen molar-refractivity contribution in [3.8, 4) is 5.75 Å². The third-order valence-corrected chi connectivity index (χ3v) is 8.78. The molecule has 0 spiro atoms. The first-order chi connectivity index (χ1) is 17.3. The van der Waals surface area contributed by atoms with Crippen molar-refractivity contribution in [2.24, 2.45) is 5.41 Å². The molecule has 1 aromatic heterocycles. The number of nitrogens with zero attached hydrogens (tertiary/aromatic N) is 2. The first kappa shape index (κ1) is 24.6. The van der Waals surface area contributed by atoms with Gasteiger partial charge in [-0.2, -0.15) is 5.10 Å². The molecule has 0 bridgehead atoms. The number of aromatic nitrogens is 2. The van der Waals surface area contributed by atoms with Gasteiger partial charge in [0, 0.05) is 6.42 Å². The van der Waals surface area contributed by atoms with Gasteiger partial charge in [0.15, 0.2) is 5.78 Å². The van der Waals surface area contributed by atoms with E-state index in [2.05, 4.69) is 79.7 Å². The fourth-order valence-corrected chi connectivity index (χ4v) is 6.37. The number of carbonyl (C=O) groups is 1. The molecule has 2 aliphatic rings. The quantitative estimate of drug-likeness (QED) is 0.352. The van der Waals surface area contributed by atoms with Gasteiger partial charge in [-0.1, -0.05) is 55.8 Å². The number of nitrogens with one attached hydrogen (secondary N) is 1. The van der Waals surface area contributed by atoms with Crippen molar-refractivity contribution in [1.29, 1.82) is 0 Å². The molecule has 1 atom stereocenters. The predicted octanol–water partition coefficient (Wildman–Crippen LogP) is 7.51. The zero-order chi connectivity index (χ0) is 25.3. The molecule has 2 heterocycles. The monoisotopic (exact) mass is 485 g/mol. The van der Waals surface area contributed by atoms with E-state index in [0.717, 1.165) is 55.7 Å². The van der Waals surface area contributed by atoms with Crippen LogP contribution in [-0.4, -0.2) is 22.7 Å². The second-order valence-electron chi connectivity index (χ2n) is 11.4. The van der Waals surface area contributed by atoms with E-state index >= 15 is 0 Å². The second-order valence-corrected chi connectivity index (χ2v) is 11.4. The van der Waals surface area contributed by atoms with Gasteiger partial charge in [-0.15, -0.1) is 0 Å². The summed E-state index contributed by atoms with van der Waals surface area (Å²) in [5.74, 6) is 2.56. The minimum atomic E-state index is -0.168. The van der Waals surface area contributed by atoms with E-state index in [9.17, 15) is 4.79 Å². The normalized spacial score (nSPS) is 25.0. The van der Waals surface area contributed by atoms with Gasteiger partial charge in [0.25, 0.3) is 0 Å². The topological polar surface area (TPSA) is 56.2 Å². The lowest BCUT2D eigenvalue weighted by atomic mass is 9.65. The molecule has 1 aliphatic carbocycles. The summed E-state index contributed by atoms with van der Waals surface area (Å²) in [5.41, 5.74) is 3.28. The van der Waals surface area contributed by atoms with Crippen molar-refractivity contribution in [1.82, 2.24) is 9.78 Å². The van der Waals surface area contributed by atoms with Gasteiger partial charge in [0.05, 0.1) is 30.5 Å². The third-order valence-electron chi connectivity index (χ3n) is 8.78. The molecule has 1 aliphatic heterocycles. The molecule has 3 aromatic rings. The Hall–Kier alpha value is -3.08. The molecule has 5 nitrogen and oxygen atoms in total. The van der Waals surface area contributed by atoms with Gasteiger partial charge in [-0.3, -0.25) is 4.79 Å². The summed E-state index contributed by atoms with van der Waals surface area (Å²) in [7, 11) is 1.71. The molecule has 190 valence electrons. The van der Waals surface area contributed by atoms with Crippen molar-refractivity contribution < 1.29 is 9.53 Å². The van der Waals surface area contributed by atoms with Gasteiger partial charge >= 0.3 is 0 Å². The Balaban J connectivity index is 1.32. The molecule has 36 heavy (non-hydrogen) atoms. The van der Waals surface area contributed by atoms with Crippen LogP contribution >= 0.6 is 0 Å². The summed E-state index contributed by atoms with van der Waals surface area (Å²) in [4.78, 5) is 13.8. The van der Waals surface area contributed by atoms with Crippen LogP contribution in [0.1, 0.15) is 99.2 Å². The van der Waals surface area contributed by atoms with E-state index in [0.29, 0.717) is 12.3 Å². The van der Waals surface area contributed by atoms with Gasteiger partial charge in [-0.25, -0.2) is 4.68 Å². The highest BCUT2D eigenvalue weighted by molar-refractivity contribution is 6.01. The van der Waals surface area contributed by atoms with Crippen LogP contribution in [0.4, 0.5) is 5.82 Å². The standard InChI is InChI=1S/C31H39N3O2/c1-5-31(17-15-23(16-18-31)22-11-13-25(36-4)14-12-22)20-28(35)26-21-32-34-29(26)33-27(19-30(34,2)3)24-9-7-6-8-10-24/h6-14,21,23,27,33H,5,15-20H2,1-4H3. The largest absolute Gasteiger partial charge is 0.497 e. The Morgan fingerprint density at radius 1 is 1.06 bits per heavy atom. The van der Waals surface area contributed by atoms with E-state index in [1.54, 1.807) is 13.3 Å². The number of hydrogen-bond donors (Lipinski definition) is 1. The number of methoxy groups -OCH3 is 1. The lowest BCUT2D eigenvalue weighted by molar-refractivity contribution is 0.0833. The van der Waals surface area contributed by atoms with E-state index in [1.807, 2.05) is 10.7 Å². The molecule has 0 radical (unpaired) electrons. The highest BCUT2D eigenvalue weighted by Gasteiger charge is 2.40. The molecule has 0 amide bonds. The predicted molar refractivity (Wildman–Crippen MR) is 145 cm³/mol. The van der Waals surface area contributed by atoms with Crippen molar-refractivity contribution in [2.75, 3.05) is 12.4 Å². The molecule has 1 saturated carbocycles. The molecule has 2 aromatic carbocycles. The number of fused-ring (bicyclic) bond motifs is 1. The Morgan fingerprint density at radius 2 is 1.75 bits per heavy atom. The summed E-state index contributed by atoms with van der Waals surface area (Å²) < 4.78 is 7.35. The van der Waals surface area contributed by atoms with Crippen LogP contribution in [0, 0.1) is 5.41 Å². The second kappa shape index (κ2) is 9.76. The number of ether oxygens (including phenoxy) is 1. The van der Waals surface area contributed by atoms with Crippen LogP contribution in [0.2, 0.25) is 0 Å². The van der Waals surface area contributed by atoms with Crippen molar-refractivity contribution >= 4 is 11.6 Å². The number of rotatable bonds is 7. The highest BCUT2D eigenvalue weighted by atomic mass is 16.5. The summed E-state index contributed by atoms with van der Waals surface area (Å²) in [6.45, 7) is 6.67. The molecule has 1 N–H and O–H groups in total. The van der Waals surface area contributed by atoms with E-state index < -0.39 is 0 Å². The third kappa shape index (κ3) is 4.68. The molecule has 1 unspecified atom stereocenters. The van der Waals surface area contributed by atoms with Crippen molar-refractivity contribution in [3.63, 3.8) is 0 Å². The van der Waals surface area contributed by atoms with Crippen LogP contribution in [0.5, 0.6) is 5.75 Å². The average molecular weight is 486 g/mol. The van der Waals surface area contributed by atoms with Gasteiger partial charge in [0.1, 0.15) is 11.6 Å². The number of benzene rings is 2. The number of anilines is 1. The fraction of sp³-hybridized carbons (Fsp3) is 0.484. The number of ketones is 1. The van der Waals surface area contributed by atoms with Crippen molar-refractivity contribution in [2.45, 2.75) is 83.2 Å². The van der Waals surface area contributed by atoms with Crippen LogP contribution in [-0.2, 0) is 5.54 Å². The van der Waals surface area contributed by atoms with Crippen molar-refractivity contribution in [3.05, 3.63) is 77.5 Å². The maximum atomic E-state index is 13.8. The number of hydrogen-bond acceptors (Lipinski definition) is 4. The molecule has 5 rings (SSSR count). The highest BCUT2D eigenvalue weighted by Crippen LogP contribution is 2.48. The van der Waals surface area contributed by atoms with E-state index in [-0.39, 0.29) is 22.8 Å². The van der Waals surface area contributed by atoms with E-state index in [1.165, 1.54) is 11.1 Å². The molecule has 0 saturated heterocycles. The average Bonchev–Trinajstić information content (AvgIpc) is 3.35. The molecular formula is C31H39N3O2. The summed E-state index contributed by atoms with van der Waals surface area (Å²) >= 11 is 0. The lowest BCUT2D eigenvalue weighted by Gasteiger charge is -2.40. The van der Waals surface area contributed by atoms with Crippen LogP contribution in [0.15, 0.2) is 60.8 Å². The van der Waals surface area contributed by atoms with Crippen LogP contribution in [0.3, 0.4) is 0 Å². The smallest absolute Gasteiger partial charge is 0.168 e. The Bertz CT molecular complexity index is 1190. The Kier molecular flexibility index (Phi) is 6.67. The fourth-order valence-electron chi connectivity index (χ4n) is 6.37. The summed E-state index contributed by atoms with van der Waals surface area (Å²) in [6.07, 6.45) is 8.76. The zero-order valence-electron chi connectivity index (χ0n) is 22.1. The molecule has 5 heteroatoms. The first-order valence-corrected chi connectivity index (χ1v) is 13.4. The van der Waals surface area contributed by atoms with E-state index in [4.69, 9.17) is 4.74 Å². The van der Waals surface area contributed by atoms with Crippen LogP contribution < -0.4 is 10.1 Å². The minimum absolute atomic E-state index is 0.0674. The maximum Gasteiger partial charge on any atom is 0.168 e. The Labute approximate surface area is 215 Å². The summed E-state index contributed by atoms with van der Waals surface area (Å²) in [5, 5.41) is 8.36. The summed E-state index contributed by atoms with van der Waals surface area (Å²) in [6, 6.07) is 19.2. The minimum Gasteiger partial charge on any atom is -0.497 e. The molecule has 1 fully saturated rings. The van der Waals surface area contributed by atoms with Gasteiger partial charge < -0.3 is 10.1 Å². The maximum absolute atomic E-state index is 13.8. The number of carbonyl (C=O) groups excluding carboxylic acids is 1. The lowest BCUT2D eigenvalue weighted by Crippen LogP contribution is -2.38. The number of Topliss-reactive ketones (excluding diaryl/α,β-unsaturated/α-hetero) is 1. The van der Waals surface area contributed by atoms with Crippen LogP contribution in [0.25, 0.3) is 0 Å². The SMILES string of the molecule is CCC1(CC(=O)c2cnn3c2NC(c2ccccc2)CC3(C)C)CCC(c2ccc(OC)cc2)CC1.